The smallest absolute Gasteiger partial charge is 0.222 e. The molecule has 0 bridgehead atoms. The van der Waals surface area contributed by atoms with Gasteiger partial charge in [-0.1, -0.05) is 246 Å². The molecule has 0 aliphatic heterocycles. The molecule has 0 heterocycles. The van der Waals surface area contributed by atoms with Gasteiger partial charge in [-0.05, 0) is 83.7 Å². The van der Waals surface area contributed by atoms with Crippen LogP contribution in [0.2, 0.25) is 0 Å². The first-order chi connectivity index (χ1) is 33.0. The normalized spacial score (nSPS) is 15.0. The number of carbonyl (C=O) groups excluding carboxylic acids is 2. The van der Waals surface area contributed by atoms with E-state index >= 15 is 0 Å². The van der Waals surface area contributed by atoms with Crippen molar-refractivity contribution < 1.29 is 14.7 Å². The SMILES string of the molecule is CCCCCCCCCCN(CCCCCCCCCC)C(=O)CCCCCCCN(CCCCCCCC(=O)N(CCCCCCCCCC)CCCCCCCCCC)[C@@H]1CCC[C@H]1O. The van der Waals surface area contributed by atoms with Gasteiger partial charge in [0.25, 0.3) is 0 Å². The molecule has 2 amide bonds. The lowest BCUT2D eigenvalue weighted by Crippen LogP contribution is -2.41. The molecule has 1 fully saturated rings. The maximum atomic E-state index is 13.5. The predicted octanol–water partition coefficient (Wildman–Crippen LogP) is 18.1. The molecule has 1 aliphatic rings. The minimum Gasteiger partial charge on any atom is -0.391 e. The monoisotopic (exact) mass is 944 g/mol. The molecule has 67 heavy (non-hydrogen) atoms. The number of hydrogen-bond donors (Lipinski definition) is 1. The van der Waals surface area contributed by atoms with E-state index in [-0.39, 0.29) is 6.10 Å². The fourth-order valence-corrected chi connectivity index (χ4v) is 10.8. The summed E-state index contributed by atoms with van der Waals surface area (Å²) in [6.07, 6.45) is 58.3. The highest BCUT2D eigenvalue weighted by Gasteiger charge is 2.30. The molecule has 0 aromatic rings. The van der Waals surface area contributed by atoms with Crippen LogP contribution >= 0.6 is 0 Å². The van der Waals surface area contributed by atoms with E-state index in [0.29, 0.717) is 17.9 Å². The second-order valence-electron chi connectivity index (χ2n) is 21.8. The van der Waals surface area contributed by atoms with Gasteiger partial charge in [0.15, 0.2) is 0 Å². The maximum Gasteiger partial charge on any atom is 0.222 e. The van der Waals surface area contributed by atoms with Gasteiger partial charge in [-0.25, -0.2) is 0 Å². The van der Waals surface area contributed by atoms with Gasteiger partial charge in [0, 0.05) is 45.1 Å². The van der Waals surface area contributed by atoms with Crippen LogP contribution in [-0.4, -0.2) is 83.0 Å². The molecule has 6 heteroatoms. The molecule has 0 spiro atoms. The second-order valence-corrected chi connectivity index (χ2v) is 21.8. The predicted molar refractivity (Wildman–Crippen MR) is 294 cm³/mol. The van der Waals surface area contributed by atoms with Gasteiger partial charge in [0.1, 0.15) is 0 Å². The minimum atomic E-state index is -0.170. The summed E-state index contributed by atoms with van der Waals surface area (Å²) < 4.78 is 0. The molecule has 6 nitrogen and oxygen atoms in total. The number of aliphatic hydroxyl groups is 1. The number of hydrogen-bond acceptors (Lipinski definition) is 4. The second kappa shape index (κ2) is 49.8. The minimum absolute atomic E-state index is 0.170. The molecule has 1 N–H and O–H groups in total. The van der Waals surface area contributed by atoms with Crippen LogP contribution in [0.15, 0.2) is 0 Å². The standard InChI is InChI=1S/C61H121N3O3/c1-5-9-13-17-21-25-33-43-54-63(55-44-34-26-22-18-14-10-6-2)60(66)50-39-31-29-37-41-52-62(58-48-47-49-59(58)65)53-42-38-30-32-40-51-61(67)64(56-45-35-27-23-19-15-11-7-3)57-46-36-28-24-20-16-12-8-4/h58-59,65H,5-57H2,1-4H3/t58-,59-/m1/s1. The van der Waals surface area contributed by atoms with Crippen molar-refractivity contribution in [1.82, 2.24) is 14.7 Å². The van der Waals surface area contributed by atoms with Crippen LogP contribution < -0.4 is 0 Å². The van der Waals surface area contributed by atoms with Gasteiger partial charge in [-0.15, -0.1) is 0 Å². The van der Waals surface area contributed by atoms with E-state index in [1.807, 2.05) is 0 Å². The molecule has 398 valence electrons. The number of nitrogens with zero attached hydrogens (tertiary/aromatic N) is 3. The van der Waals surface area contributed by atoms with E-state index in [0.717, 1.165) is 97.1 Å². The van der Waals surface area contributed by atoms with Crippen molar-refractivity contribution in [3.05, 3.63) is 0 Å². The third-order valence-corrected chi connectivity index (χ3v) is 15.4. The van der Waals surface area contributed by atoms with Crippen LogP contribution in [-0.2, 0) is 9.59 Å². The Morgan fingerprint density at radius 3 is 0.821 bits per heavy atom. The summed E-state index contributed by atoms with van der Waals surface area (Å²) in [6.45, 7) is 15.2. The highest BCUT2D eigenvalue weighted by Crippen LogP contribution is 2.26. The molecular weight excluding hydrogens is 823 g/mol. The maximum absolute atomic E-state index is 13.5. The van der Waals surface area contributed by atoms with E-state index < -0.39 is 0 Å². The molecule has 2 atom stereocenters. The molecule has 0 radical (unpaired) electrons. The average Bonchev–Trinajstić information content (AvgIpc) is 3.77. The van der Waals surface area contributed by atoms with Crippen molar-refractivity contribution in [1.29, 1.82) is 0 Å². The fourth-order valence-electron chi connectivity index (χ4n) is 10.8. The van der Waals surface area contributed by atoms with Crippen molar-refractivity contribution in [2.75, 3.05) is 39.3 Å². The zero-order chi connectivity index (χ0) is 48.5. The third kappa shape index (κ3) is 39.2. The molecule has 1 rings (SSSR count). The lowest BCUT2D eigenvalue weighted by Gasteiger charge is -2.31. The first-order valence-corrected chi connectivity index (χ1v) is 31.0. The molecule has 1 aliphatic carbocycles. The van der Waals surface area contributed by atoms with Gasteiger partial charge in [-0.2, -0.15) is 0 Å². The van der Waals surface area contributed by atoms with E-state index in [1.54, 1.807) is 0 Å². The fraction of sp³-hybridized carbons (Fsp3) is 0.967. The highest BCUT2D eigenvalue weighted by molar-refractivity contribution is 5.76. The van der Waals surface area contributed by atoms with Crippen LogP contribution in [0, 0.1) is 0 Å². The van der Waals surface area contributed by atoms with Crippen molar-refractivity contribution in [3.63, 3.8) is 0 Å². The van der Waals surface area contributed by atoms with Gasteiger partial charge >= 0.3 is 0 Å². The Hall–Kier alpha value is -1.14. The topological polar surface area (TPSA) is 64.1 Å². The van der Waals surface area contributed by atoms with E-state index in [9.17, 15) is 14.7 Å². The lowest BCUT2D eigenvalue weighted by atomic mass is 10.1. The Balaban J connectivity index is 2.41. The van der Waals surface area contributed by atoms with Gasteiger partial charge < -0.3 is 14.9 Å². The summed E-state index contributed by atoms with van der Waals surface area (Å²) in [5.41, 5.74) is 0. The number of aliphatic hydroxyl groups excluding tert-OH is 1. The van der Waals surface area contributed by atoms with Gasteiger partial charge in [0.2, 0.25) is 11.8 Å². The largest absolute Gasteiger partial charge is 0.391 e. The van der Waals surface area contributed by atoms with Gasteiger partial charge in [0.05, 0.1) is 6.10 Å². The van der Waals surface area contributed by atoms with Crippen molar-refractivity contribution in [2.45, 2.75) is 342 Å². The van der Waals surface area contributed by atoms with Crippen LogP contribution in [0.3, 0.4) is 0 Å². The quantitative estimate of drug-likeness (QED) is 0.0617. The summed E-state index contributed by atoms with van der Waals surface area (Å²) >= 11 is 0. The van der Waals surface area contributed by atoms with Crippen molar-refractivity contribution in [3.8, 4) is 0 Å². The van der Waals surface area contributed by atoms with E-state index in [4.69, 9.17) is 0 Å². The molecule has 0 aromatic heterocycles. The molecular formula is C61H121N3O3. The van der Waals surface area contributed by atoms with Crippen molar-refractivity contribution >= 4 is 11.8 Å². The molecule has 0 unspecified atom stereocenters. The Morgan fingerprint density at radius 2 is 0.567 bits per heavy atom. The van der Waals surface area contributed by atoms with Crippen LogP contribution in [0.1, 0.15) is 329 Å². The molecule has 1 saturated carbocycles. The number of rotatable bonds is 53. The summed E-state index contributed by atoms with van der Waals surface area (Å²) in [7, 11) is 0. The number of unbranched alkanes of at least 4 members (excludes halogenated alkanes) is 36. The van der Waals surface area contributed by atoms with Crippen LogP contribution in [0.5, 0.6) is 0 Å². The Labute approximate surface area is 420 Å². The molecule has 0 saturated heterocycles. The Morgan fingerprint density at radius 1 is 0.328 bits per heavy atom. The first-order valence-electron chi connectivity index (χ1n) is 31.0. The van der Waals surface area contributed by atoms with Crippen molar-refractivity contribution in [2.24, 2.45) is 0 Å². The van der Waals surface area contributed by atoms with E-state index in [1.165, 1.54) is 244 Å². The summed E-state index contributed by atoms with van der Waals surface area (Å²) in [5, 5.41) is 10.9. The number of carbonyl (C=O) groups is 2. The highest BCUT2D eigenvalue weighted by atomic mass is 16.3. The van der Waals surface area contributed by atoms with E-state index in [2.05, 4.69) is 42.4 Å². The number of amides is 2. The Bertz CT molecular complexity index is 929. The molecule has 0 aromatic carbocycles. The third-order valence-electron chi connectivity index (χ3n) is 15.4. The van der Waals surface area contributed by atoms with Crippen LogP contribution in [0.4, 0.5) is 0 Å². The Kier molecular flexibility index (Phi) is 47.5. The van der Waals surface area contributed by atoms with Gasteiger partial charge in [-0.3, -0.25) is 14.5 Å². The summed E-state index contributed by atoms with van der Waals surface area (Å²) in [5.74, 6) is 0.813. The summed E-state index contributed by atoms with van der Waals surface area (Å²) in [4.78, 5) is 34.0. The average molecular weight is 945 g/mol. The lowest BCUT2D eigenvalue weighted by molar-refractivity contribution is -0.132. The summed E-state index contributed by atoms with van der Waals surface area (Å²) in [6, 6.07) is 0.330. The first kappa shape index (κ1) is 63.9. The van der Waals surface area contributed by atoms with Crippen LogP contribution in [0.25, 0.3) is 0 Å². The zero-order valence-electron chi connectivity index (χ0n) is 46.2. The zero-order valence-corrected chi connectivity index (χ0v) is 46.2.